The molecular formula is C26H32N2O2S2. The summed E-state index contributed by atoms with van der Waals surface area (Å²) in [5.41, 5.74) is 1.42. The number of carbonyl (C=O) groups excluding carboxylic acids is 2. The van der Waals surface area contributed by atoms with Crippen molar-refractivity contribution >= 4 is 33.4 Å². The second-order valence-electron chi connectivity index (χ2n) is 8.78. The number of amides is 2. The molecule has 2 aromatic carbocycles. The van der Waals surface area contributed by atoms with Gasteiger partial charge >= 0.3 is 0 Å². The predicted molar refractivity (Wildman–Crippen MR) is 133 cm³/mol. The molecule has 170 valence electrons. The van der Waals surface area contributed by atoms with Crippen LogP contribution >= 0.6 is 21.6 Å². The van der Waals surface area contributed by atoms with Crippen LogP contribution in [-0.4, -0.2) is 23.9 Å². The molecule has 2 aromatic rings. The van der Waals surface area contributed by atoms with Crippen LogP contribution in [0.2, 0.25) is 0 Å². The molecule has 6 heteroatoms. The quantitative estimate of drug-likeness (QED) is 0.449. The molecule has 32 heavy (non-hydrogen) atoms. The highest BCUT2D eigenvalue weighted by molar-refractivity contribution is 8.76. The van der Waals surface area contributed by atoms with Crippen LogP contribution in [0.5, 0.6) is 0 Å². The number of hydrogen-bond acceptors (Lipinski definition) is 4. The molecule has 0 bridgehead atoms. The van der Waals surface area contributed by atoms with Gasteiger partial charge in [-0.15, -0.1) is 0 Å². The van der Waals surface area contributed by atoms with Crippen molar-refractivity contribution in [1.82, 2.24) is 10.6 Å². The Balaban J connectivity index is 1.41. The van der Waals surface area contributed by atoms with Crippen LogP contribution in [-0.2, 0) is 0 Å². The van der Waals surface area contributed by atoms with Gasteiger partial charge in [-0.05, 0) is 49.9 Å². The second kappa shape index (κ2) is 11.8. The summed E-state index contributed by atoms with van der Waals surface area (Å²) in [5.74, 6) is 0.00727. The standard InChI is InChI=1S/C26H32N2O2S2/c29-25(27-19-11-3-1-4-12-19)21-15-7-9-17-23(21)31-32-24-18-10-8-16-22(24)26(30)28-20-13-5-2-6-14-20/h7-10,15-20H,1-6,11-14H2,(H,27,29)(H,28,30). The van der Waals surface area contributed by atoms with Crippen molar-refractivity contribution in [2.24, 2.45) is 0 Å². The zero-order valence-corrected chi connectivity index (χ0v) is 20.1. The van der Waals surface area contributed by atoms with E-state index in [1.54, 1.807) is 21.6 Å². The van der Waals surface area contributed by atoms with Gasteiger partial charge in [0.25, 0.3) is 11.8 Å². The first-order valence-electron chi connectivity index (χ1n) is 11.8. The fourth-order valence-corrected chi connectivity index (χ4v) is 6.92. The SMILES string of the molecule is O=C(NC1CCCCC1)c1ccccc1SSc1ccccc1C(=O)NC1CCCCC1. The van der Waals surface area contributed by atoms with Crippen molar-refractivity contribution in [3.63, 3.8) is 0 Å². The third kappa shape index (κ3) is 6.32. The van der Waals surface area contributed by atoms with Gasteiger partial charge in [-0.25, -0.2) is 0 Å². The van der Waals surface area contributed by atoms with Gasteiger partial charge in [0.1, 0.15) is 0 Å². The molecule has 2 fully saturated rings. The highest BCUT2D eigenvalue weighted by Gasteiger charge is 2.21. The van der Waals surface area contributed by atoms with Crippen LogP contribution in [0.25, 0.3) is 0 Å². The minimum Gasteiger partial charge on any atom is -0.349 e. The van der Waals surface area contributed by atoms with Gasteiger partial charge in [-0.1, -0.05) is 84.4 Å². The number of rotatable bonds is 7. The van der Waals surface area contributed by atoms with Crippen molar-refractivity contribution in [3.05, 3.63) is 59.7 Å². The highest BCUT2D eigenvalue weighted by atomic mass is 33.1. The third-order valence-corrected chi connectivity index (χ3v) is 8.85. The first kappa shape index (κ1) is 23.2. The van der Waals surface area contributed by atoms with Crippen molar-refractivity contribution in [2.45, 2.75) is 86.1 Å². The van der Waals surface area contributed by atoms with E-state index in [2.05, 4.69) is 10.6 Å². The van der Waals surface area contributed by atoms with Crippen LogP contribution < -0.4 is 10.6 Å². The lowest BCUT2D eigenvalue weighted by molar-refractivity contribution is 0.0916. The fourth-order valence-electron chi connectivity index (χ4n) is 4.56. The molecule has 0 spiro atoms. The van der Waals surface area contributed by atoms with Crippen LogP contribution in [0.15, 0.2) is 58.3 Å². The maximum absolute atomic E-state index is 12.9. The summed E-state index contributed by atoms with van der Waals surface area (Å²) >= 11 is 0. The van der Waals surface area contributed by atoms with Crippen molar-refractivity contribution < 1.29 is 9.59 Å². The largest absolute Gasteiger partial charge is 0.349 e. The maximum atomic E-state index is 12.9. The summed E-state index contributed by atoms with van der Waals surface area (Å²) in [7, 11) is 3.09. The Bertz CT molecular complexity index is 846. The molecule has 2 amide bonds. The number of nitrogens with one attached hydrogen (secondary N) is 2. The molecular weight excluding hydrogens is 436 g/mol. The predicted octanol–water partition coefficient (Wildman–Crippen LogP) is 6.61. The minimum absolute atomic E-state index is 0.00364. The van der Waals surface area contributed by atoms with Crippen LogP contribution in [0.4, 0.5) is 0 Å². The van der Waals surface area contributed by atoms with E-state index < -0.39 is 0 Å². The topological polar surface area (TPSA) is 58.2 Å². The van der Waals surface area contributed by atoms with Gasteiger partial charge in [0, 0.05) is 21.9 Å². The van der Waals surface area contributed by atoms with Gasteiger partial charge < -0.3 is 10.6 Å². The van der Waals surface area contributed by atoms with Gasteiger partial charge in [0.15, 0.2) is 0 Å². The third-order valence-electron chi connectivity index (χ3n) is 6.37. The van der Waals surface area contributed by atoms with E-state index in [-0.39, 0.29) is 23.9 Å². The summed E-state index contributed by atoms with van der Waals surface area (Å²) in [6.07, 6.45) is 11.6. The molecule has 0 aliphatic heterocycles. The van der Waals surface area contributed by atoms with E-state index in [1.165, 1.54) is 38.5 Å². The number of hydrogen-bond donors (Lipinski definition) is 2. The zero-order valence-electron chi connectivity index (χ0n) is 18.5. The van der Waals surface area contributed by atoms with Gasteiger partial charge in [0.05, 0.1) is 11.1 Å². The minimum atomic E-state index is 0.00364. The molecule has 2 aliphatic carbocycles. The normalized spacial score (nSPS) is 17.6. The van der Waals surface area contributed by atoms with Gasteiger partial charge in [-0.2, -0.15) is 0 Å². The van der Waals surface area contributed by atoms with Crippen LogP contribution in [0.1, 0.15) is 84.9 Å². The molecule has 0 aromatic heterocycles. The summed E-state index contributed by atoms with van der Waals surface area (Å²) < 4.78 is 0. The molecule has 0 heterocycles. The fraction of sp³-hybridized carbons (Fsp3) is 0.462. The summed E-state index contributed by atoms with van der Waals surface area (Å²) in [4.78, 5) is 27.7. The highest BCUT2D eigenvalue weighted by Crippen LogP contribution is 2.40. The lowest BCUT2D eigenvalue weighted by Gasteiger charge is -2.23. The Morgan fingerprint density at radius 3 is 1.38 bits per heavy atom. The van der Waals surface area contributed by atoms with Crippen molar-refractivity contribution in [2.75, 3.05) is 0 Å². The summed E-state index contributed by atoms with van der Waals surface area (Å²) in [6, 6.07) is 16.1. The molecule has 0 atom stereocenters. The van der Waals surface area contributed by atoms with E-state index in [0.717, 1.165) is 35.5 Å². The first-order chi connectivity index (χ1) is 15.7. The van der Waals surface area contributed by atoms with E-state index in [0.29, 0.717) is 11.1 Å². The van der Waals surface area contributed by atoms with E-state index in [9.17, 15) is 9.59 Å². The molecule has 2 N–H and O–H groups in total. The Kier molecular flexibility index (Phi) is 8.57. The van der Waals surface area contributed by atoms with Crippen molar-refractivity contribution in [3.8, 4) is 0 Å². The Morgan fingerprint density at radius 1 is 0.594 bits per heavy atom. The van der Waals surface area contributed by atoms with Gasteiger partial charge in [0.2, 0.25) is 0 Å². The monoisotopic (exact) mass is 468 g/mol. The molecule has 2 aliphatic rings. The Morgan fingerprint density at radius 2 is 0.969 bits per heavy atom. The van der Waals surface area contributed by atoms with Crippen LogP contribution in [0, 0.1) is 0 Å². The number of benzene rings is 2. The molecule has 0 radical (unpaired) electrons. The van der Waals surface area contributed by atoms with Crippen molar-refractivity contribution in [1.29, 1.82) is 0 Å². The Hall–Kier alpha value is -1.92. The smallest absolute Gasteiger partial charge is 0.252 e. The molecule has 2 saturated carbocycles. The average molecular weight is 469 g/mol. The zero-order chi connectivity index (χ0) is 22.2. The number of carbonyl (C=O) groups is 2. The summed E-state index contributed by atoms with van der Waals surface area (Å²) in [5, 5.41) is 6.45. The average Bonchev–Trinajstić information content (AvgIpc) is 2.84. The Labute approximate surface area is 199 Å². The van der Waals surface area contributed by atoms with E-state index in [4.69, 9.17) is 0 Å². The molecule has 4 nitrogen and oxygen atoms in total. The molecule has 4 rings (SSSR count). The maximum Gasteiger partial charge on any atom is 0.252 e. The second-order valence-corrected chi connectivity index (χ2v) is 11.0. The van der Waals surface area contributed by atoms with E-state index >= 15 is 0 Å². The molecule has 0 unspecified atom stereocenters. The lowest BCUT2D eigenvalue weighted by Crippen LogP contribution is -2.36. The lowest BCUT2D eigenvalue weighted by atomic mass is 9.95. The van der Waals surface area contributed by atoms with Gasteiger partial charge in [-0.3, -0.25) is 9.59 Å². The molecule has 0 saturated heterocycles. The first-order valence-corrected chi connectivity index (χ1v) is 14.0. The van der Waals surface area contributed by atoms with Crippen LogP contribution in [0.3, 0.4) is 0 Å². The summed E-state index contributed by atoms with van der Waals surface area (Å²) in [6.45, 7) is 0. The van der Waals surface area contributed by atoms with E-state index in [1.807, 2.05) is 48.5 Å².